The van der Waals surface area contributed by atoms with E-state index in [2.05, 4.69) is 62.0 Å². The number of amides is 4. The molecule has 10 heteroatoms. The van der Waals surface area contributed by atoms with Crippen molar-refractivity contribution in [2.24, 2.45) is 46.3 Å². The fourth-order valence-corrected chi connectivity index (χ4v) is 11.4. The van der Waals surface area contributed by atoms with Crippen LogP contribution in [-0.4, -0.2) is 60.1 Å². The van der Waals surface area contributed by atoms with Gasteiger partial charge in [-0.2, -0.15) is 0 Å². The third-order valence-corrected chi connectivity index (χ3v) is 14.8. The molecule has 0 aromatic heterocycles. The molecule has 3 fully saturated rings. The standard InChI is InChI=1S/C47H74N4O6/c1-30(2)10-8-11-31(3)39-18-19-40-38-17-14-35-28-37(22-24-46(35,6)41(38)23-25-47(39,40)7)57-27-9-26-48-42(53)20-21-43(54)49-32(4)44(55)50-33(5)45(56)51-36-15-12-34(29-52)13-16-36/h12-16,30-33,37-41,52H,8-11,17-29H2,1-7H3,(H,48,53)(H,49,54)(H,50,55)(H,51,56)/t31-,32+,33+,37+,38+,39-,40+,41?,46+,47-/m1/s1. The van der Waals surface area contributed by atoms with Gasteiger partial charge in [-0.3, -0.25) is 19.2 Å². The maximum absolute atomic E-state index is 12.6. The zero-order valence-corrected chi connectivity index (χ0v) is 36.1. The summed E-state index contributed by atoms with van der Waals surface area (Å²) in [6, 6.07) is 5.01. The Morgan fingerprint density at radius 3 is 2.26 bits per heavy atom. The molecule has 4 aliphatic carbocycles. The fourth-order valence-electron chi connectivity index (χ4n) is 11.4. The van der Waals surface area contributed by atoms with Crippen molar-refractivity contribution in [2.75, 3.05) is 18.5 Å². The number of rotatable bonds is 19. The molecule has 10 atom stereocenters. The van der Waals surface area contributed by atoms with Gasteiger partial charge in [0.05, 0.1) is 12.7 Å². The predicted octanol–water partition coefficient (Wildman–Crippen LogP) is 7.84. The van der Waals surface area contributed by atoms with Gasteiger partial charge in [-0.15, -0.1) is 0 Å². The summed E-state index contributed by atoms with van der Waals surface area (Å²) in [6.45, 7) is 16.6. The van der Waals surface area contributed by atoms with Gasteiger partial charge in [-0.1, -0.05) is 77.7 Å². The van der Waals surface area contributed by atoms with Crippen molar-refractivity contribution in [3.8, 4) is 0 Å². The van der Waals surface area contributed by atoms with Gasteiger partial charge in [0.2, 0.25) is 23.6 Å². The second-order valence-electron chi connectivity index (χ2n) is 19.1. The van der Waals surface area contributed by atoms with E-state index in [1.807, 2.05) is 0 Å². The molecule has 0 bridgehead atoms. The Labute approximate surface area is 342 Å². The summed E-state index contributed by atoms with van der Waals surface area (Å²) in [5.41, 5.74) is 3.71. The maximum atomic E-state index is 12.6. The molecule has 1 aromatic rings. The van der Waals surface area contributed by atoms with Gasteiger partial charge in [0.15, 0.2) is 0 Å². The SMILES string of the molecule is CC(C)CCC[C@@H](C)[C@H]1CC[C@H]2[C@@H]3CC=C4C[C@@H](OCCCNC(=O)CCC(=O)N[C@@H](C)C(=O)N[C@@H](C)C(=O)Nc5ccc(CO)cc5)CC[C@]4(C)C3CC[C@]12C. The van der Waals surface area contributed by atoms with Crippen LogP contribution in [0.15, 0.2) is 35.9 Å². The summed E-state index contributed by atoms with van der Waals surface area (Å²) < 4.78 is 6.38. The smallest absolute Gasteiger partial charge is 0.246 e. The van der Waals surface area contributed by atoms with Crippen LogP contribution in [-0.2, 0) is 30.5 Å². The number of hydrogen-bond donors (Lipinski definition) is 5. The Morgan fingerprint density at radius 1 is 0.825 bits per heavy atom. The van der Waals surface area contributed by atoms with Crippen molar-refractivity contribution in [3.05, 3.63) is 41.5 Å². The highest BCUT2D eigenvalue weighted by Gasteiger charge is 2.59. The normalized spacial score (nSPS) is 29.5. The van der Waals surface area contributed by atoms with E-state index in [0.717, 1.165) is 53.9 Å². The molecular formula is C47H74N4O6. The van der Waals surface area contributed by atoms with Crippen LogP contribution in [0.1, 0.15) is 144 Å². The second-order valence-corrected chi connectivity index (χ2v) is 19.1. The molecule has 0 aliphatic heterocycles. The molecule has 0 heterocycles. The predicted molar refractivity (Wildman–Crippen MR) is 226 cm³/mol. The highest BCUT2D eigenvalue weighted by atomic mass is 16.5. The van der Waals surface area contributed by atoms with Gasteiger partial charge in [-0.05, 0) is 136 Å². The lowest BCUT2D eigenvalue weighted by Crippen LogP contribution is -2.51. The van der Waals surface area contributed by atoms with Gasteiger partial charge in [0, 0.05) is 31.7 Å². The number of carbonyl (C=O) groups excluding carboxylic acids is 4. The molecular weight excluding hydrogens is 717 g/mol. The summed E-state index contributed by atoms with van der Waals surface area (Å²) in [6.07, 6.45) is 17.9. The third-order valence-electron chi connectivity index (χ3n) is 14.8. The minimum absolute atomic E-state index is 0.0183. The molecule has 10 nitrogen and oxygen atoms in total. The van der Waals surface area contributed by atoms with Crippen LogP contribution < -0.4 is 21.3 Å². The van der Waals surface area contributed by atoms with E-state index in [9.17, 15) is 24.3 Å². The molecule has 1 unspecified atom stereocenters. The maximum Gasteiger partial charge on any atom is 0.246 e. The Hall–Kier alpha value is -3.24. The van der Waals surface area contributed by atoms with E-state index in [4.69, 9.17) is 4.74 Å². The summed E-state index contributed by atoms with van der Waals surface area (Å²) in [5, 5.41) is 20.0. The molecule has 0 saturated heterocycles. The van der Waals surface area contributed by atoms with Crippen LogP contribution in [0.25, 0.3) is 0 Å². The average molecular weight is 791 g/mol. The summed E-state index contributed by atoms with van der Waals surface area (Å²) in [5.74, 6) is 3.49. The minimum Gasteiger partial charge on any atom is -0.392 e. The summed E-state index contributed by atoms with van der Waals surface area (Å²) in [7, 11) is 0. The van der Waals surface area contributed by atoms with Crippen LogP contribution in [0.5, 0.6) is 0 Å². The molecule has 4 amide bonds. The van der Waals surface area contributed by atoms with Crippen LogP contribution in [0.4, 0.5) is 5.69 Å². The lowest BCUT2D eigenvalue weighted by atomic mass is 9.47. The van der Waals surface area contributed by atoms with Crippen molar-refractivity contribution >= 4 is 29.3 Å². The number of benzene rings is 1. The number of ether oxygens (including phenoxy) is 1. The van der Waals surface area contributed by atoms with Gasteiger partial charge in [0.1, 0.15) is 12.1 Å². The second kappa shape index (κ2) is 20.1. The van der Waals surface area contributed by atoms with E-state index in [0.29, 0.717) is 36.1 Å². The third kappa shape index (κ3) is 11.3. The van der Waals surface area contributed by atoms with Crippen LogP contribution >= 0.6 is 0 Å². The van der Waals surface area contributed by atoms with Crippen molar-refractivity contribution in [1.82, 2.24) is 16.0 Å². The minimum atomic E-state index is -0.878. The molecule has 1 aromatic carbocycles. The monoisotopic (exact) mass is 791 g/mol. The Bertz CT molecular complexity index is 1560. The largest absolute Gasteiger partial charge is 0.392 e. The number of aliphatic hydroxyl groups excluding tert-OH is 1. The number of allylic oxidation sites excluding steroid dienone is 1. The highest BCUT2D eigenvalue weighted by Crippen LogP contribution is 2.67. The molecule has 57 heavy (non-hydrogen) atoms. The van der Waals surface area contributed by atoms with Gasteiger partial charge in [0.25, 0.3) is 0 Å². The van der Waals surface area contributed by atoms with E-state index in [-0.39, 0.29) is 31.5 Å². The Balaban J connectivity index is 0.955. The first-order valence-electron chi connectivity index (χ1n) is 22.3. The number of anilines is 1. The van der Waals surface area contributed by atoms with Gasteiger partial charge >= 0.3 is 0 Å². The zero-order chi connectivity index (χ0) is 41.3. The van der Waals surface area contributed by atoms with Gasteiger partial charge < -0.3 is 31.1 Å². The first-order valence-corrected chi connectivity index (χ1v) is 22.3. The van der Waals surface area contributed by atoms with Crippen molar-refractivity contribution in [1.29, 1.82) is 0 Å². The first-order chi connectivity index (χ1) is 27.1. The summed E-state index contributed by atoms with van der Waals surface area (Å²) >= 11 is 0. The van der Waals surface area contributed by atoms with E-state index < -0.39 is 29.8 Å². The number of hydrogen-bond acceptors (Lipinski definition) is 6. The highest BCUT2D eigenvalue weighted by molar-refractivity contribution is 5.98. The number of aliphatic hydroxyl groups is 1. The van der Waals surface area contributed by atoms with Crippen molar-refractivity contribution in [2.45, 2.75) is 163 Å². The fraction of sp³-hybridized carbons (Fsp3) is 0.745. The first kappa shape index (κ1) is 44.9. The molecule has 3 saturated carbocycles. The molecule has 5 rings (SSSR count). The Morgan fingerprint density at radius 2 is 1.54 bits per heavy atom. The topological polar surface area (TPSA) is 146 Å². The molecule has 0 spiro atoms. The Kier molecular flexibility index (Phi) is 15.9. The number of fused-ring (bicyclic) bond motifs is 5. The van der Waals surface area contributed by atoms with Crippen molar-refractivity contribution in [3.63, 3.8) is 0 Å². The average Bonchev–Trinajstić information content (AvgIpc) is 3.54. The molecule has 5 N–H and O–H groups in total. The lowest BCUT2D eigenvalue weighted by Gasteiger charge is -2.58. The van der Waals surface area contributed by atoms with E-state index in [1.165, 1.54) is 64.7 Å². The molecule has 4 aliphatic rings. The lowest BCUT2D eigenvalue weighted by molar-refractivity contribution is -0.131. The van der Waals surface area contributed by atoms with Crippen LogP contribution in [0.3, 0.4) is 0 Å². The van der Waals surface area contributed by atoms with Gasteiger partial charge in [-0.25, -0.2) is 0 Å². The van der Waals surface area contributed by atoms with E-state index >= 15 is 0 Å². The number of carbonyl (C=O) groups is 4. The van der Waals surface area contributed by atoms with Crippen LogP contribution in [0.2, 0.25) is 0 Å². The quantitative estimate of drug-likeness (QED) is 0.0714. The van der Waals surface area contributed by atoms with Crippen molar-refractivity contribution < 1.29 is 29.0 Å². The van der Waals surface area contributed by atoms with Crippen LogP contribution in [0, 0.1) is 46.3 Å². The molecule has 318 valence electrons. The number of nitrogens with one attached hydrogen (secondary N) is 4. The zero-order valence-electron chi connectivity index (χ0n) is 36.1. The molecule has 0 radical (unpaired) electrons. The van der Waals surface area contributed by atoms with E-state index in [1.54, 1.807) is 36.8 Å². The summed E-state index contributed by atoms with van der Waals surface area (Å²) in [4.78, 5) is 50.1.